The van der Waals surface area contributed by atoms with Crippen molar-refractivity contribution in [3.05, 3.63) is 67.7 Å². The second-order valence-corrected chi connectivity index (χ2v) is 9.59. The van der Waals surface area contributed by atoms with Gasteiger partial charge in [-0.15, -0.1) is 10.2 Å². The third-order valence-electron chi connectivity index (χ3n) is 5.17. The molecule has 3 aromatic rings. The molecule has 2 aliphatic heterocycles. The Hall–Kier alpha value is -2.99. The summed E-state index contributed by atoms with van der Waals surface area (Å²) >= 11 is 3.39. The van der Waals surface area contributed by atoms with Crippen molar-refractivity contribution in [3.8, 4) is 11.5 Å². The molecule has 0 saturated carbocycles. The number of nitrogens with zero attached hydrogens (tertiary/aromatic N) is 3. The van der Waals surface area contributed by atoms with Crippen LogP contribution in [0.15, 0.2) is 48.0 Å². The molecule has 162 valence electrons. The first-order valence-electron chi connectivity index (χ1n) is 9.70. The van der Waals surface area contributed by atoms with Crippen LogP contribution in [0.5, 0.6) is 11.5 Å². The molecule has 2 aliphatic rings. The molecular formula is C22H16IN3O5S. The molecule has 32 heavy (non-hydrogen) atoms. The number of hydrogen-bond acceptors (Lipinski definition) is 8. The number of carbonyl (C=O) groups excluding carboxylic acids is 2. The van der Waals surface area contributed by atoms with Crippen LogP contribution in [-0.2, 0) is 9.59 Å². The Bertz CT molecular complexity index is 1270. The number of amides is 1. The van der Waals surface area contributed by atoms with Crippen molar-refractivity contribution in [2.24, 2.45) is 0 Å². The summed E-state index contributed by atoms with van der Waals surface area (Å²) in [5.41, 5.74) is 1.02. The van der Waals surface area contributed by atoms with Crippen molar-refractivity contribution >= 4 is 56.5 Å². The molecule has 1 aromatic heterocycles. The van der Waals surface area contributed by atoms with Gasteiger partial charge in [-0.25, -0.2) is 0 Å². The molecule has 3 heterocycles. The van der Waals surface area contributed by atoms with Crippen LogP contribution in [0.4, 0.5) is 5.13 Å². The van der Waals surface area contributed by atoms with Gasteiger partial charge < -0.3 is 14.6 Å². The van der Waals surface area contributed by atoms with Crippen molar-refractivity contribution in [1.29, 1.82) is 0 Å². The van der Waals surface area contributed by atoms with Crippen LogP contribution in [0.25, 0.3) is 5.76 Å². The Kier molecular flexibility index (Phi) is 5.33. The Morgan fingerprint density at radius 2 is 1.81 bits per heavy atom. The maximum absolute atomic E-state index is 13.1. The molecule has 5 rings (SSSR count). The fourth-order valence-corrected chi connectivity index (χ4v) is 4.79. The average Bonchev–Trinajstić information content (AvgIpc) is 3.34. The molecule has 0 bridgehead atoms. The summed E-state index contributed by atoms with van der Waals surface area (Å²) in [4.78, 5) is 27.5. The van der Waals surface area contributed by atoms with Gasteiger partial charge >= 0.3 is 5.91 Å². The van der Waals surface area contributed by atoms with Gasteiger partial charge in [0, 0.05) is 9.13 Å². The predicted molar refractivity (Wildman–Crippen MR) is 126 cm³/mol. The molecule has 1 saturated heterocycles. The van der Waals surface area contributed by atoms with Gasteiger partial charge in [-0.2, -0.15) is 0 Å². The van der Waals surface area contributed by atoms with Crippen LogP contribution in [-0.4, -0.2) is 40.2 Å². The highest BCUT2D eigenvalue weighted by Crippen LogP contribution is 2.43. The Morgan fingerprint density at radius 1 is 1.09 bits per heavy atom. The van der Waals surface area contributed by atoms with E-state index in [0.29, 0.717) is 46.0 Å². The number of carbonyl (C=O) groups is 2. The van der Waals surface area contributed by atoms with Crippen LogP contribution in [0.2, 0.25) is 0 Å². The van der Waals surface area contributed by atoms with E-state index in [1.54, 1.807) is 25.1 Å². The number of ketones is 1. The van der Waals surface area contributed by atoms with E-state index < -0.39 is 17.7 Å². The smallest absolute Gasteiger partial charge is 0.301 e. The number of fused-ring (bicyclic) bond motifs is 1. The maximum atomic E-state index is 13.1. The summed E-state index contributed by atoms with van der Waals surface area (Å²) in [6, 6.07) is 11.5. The quantitative estimate of drug-likeness (QED) is 0.224. The zero-order valence-corrected chi connectivity index (χ0v) is 19.7. The molecule has 1 fully saturated rings. The molecule has 1 unspecified atom stereocenters. The monoisotopic (exact) mass is 561 g/mol. The van der Waals surface area contributed by atoms with Crippen LogP contribution < -0.4 is 14.4 Å². The molecule has 1 amide bonds. The maximum Gasteiger partial charge on any atom is 0.301 e. The summed E-state index contributed by atoms with van der Waals surface area (Å²) in [6.45, 7) is 2.60. The van der Waals surface area contributed by atoms with Crippen molar-refractivity contribution in [2.75, 3.05) is 18.1 Å². The number of aryl methyl sites for hydroxylation is 1. The van der Waals surface area contributed by atoms with Crippen LogP contribution in [0.3, 0.4) is 0 Å². The summed E-state index contributed by atoms with van der Waals surface area (Å²) in [5.74, 6) is -0.794. The minimum atomic E-state index is -0.840. The summed E-state index contributed by atoms with van der Waals surface area (Å²) in [6.07, 6.45) is 0. The van der Waals surface area contributed by atoms with E-state index in [-0.39, 0.29) is 11.3 Å². The lowest BCUT2D eigenvalue weighted by Crippen LogP contribution is -2.29. The molecule has 8 nitrogen and oxygen atoms in total. The number of hydrogen-bond donors (Lipinski definition) is 1. The van der Waals surface area contributed by atoms with Crippen molar-refractivity contribution < 1.29 is 24.2 Å². The number of aliphatic hydroxyl groups excluding tert-OH is 1. The average molecular weight is 561 g/mol. The van der Waals surface area contributed by atoms with Crippen LogP contribution in [0, 0.1) is 10.5 Å². The predicted octanol–water partition coefficient (Wildman–Crippen LogP) is 3.85. The van der Waals surface area contributed by atoms with Crippen LogP contribution >= 0.6 is 33.9 Å². The number of ether oxygens (including phenoxy) is 2. The van der Waals surface area contributed by atoms with Gasteiger partial charge in [-0.3, -0.25) is 14.5 Å². The number of anilines is 1. The summed E-state index contributed by atoms with van der Waals surface area (Å²) in [5, 5.41) is 20.2. The first-order valence-corrected chi connectivity index (χ1v) is 11.6. The van der Waals surface area contributed by atoms with E-state index in [9.17, 15) is 14.7 Å². The Labute approximate surface area is 200 Å². The second-order valence-electron chi connectivity index (χ2n) is 7.18. The van der Waals surface area contributed by atoms with Crippen molar-refractivity contribution in [1.82, 2.24) is 10.2 Å². The molecule has 0 aliphatic carbocycles. The Morgan fingerprint density at radius 3 is 2.50 bits per heavy atom. The number of benzene rings is 2. The van der Waals surface area contributed by atoms with Gasteiger partial charge in [-0.05, 0) is 65.4 Å². The van der Waals surface area contributed by atoms with E-state index in [2.05, 4.69) is 32.8 Å². The minimum Gasteiger partial charge on any atom is -0.507 e. The lowest BCUT2D eigenvalue weighted by atomic mass is 9.95. The number of aromatic nitrogens is 2. The largest absolute Gasteiger partial charge is 0.507 e. The Balaban J connectivity index is 1.69. The van der Waals surface area contributed by atoms with Gasteiger partial charge in [0.25, 0.3) is 5.78 Å². The van der Waals surface area contributed by atoms with Crippen molar-refractivity contribution in [2.45, 2.75) is 13.0 Å². The highest BCUT2D eigenvalue weighted by Gasteiger charge is 2.48. The fourth-order valence-electron chi connectivity index (χ4n) is 3.72. The normalized spacial score (nSPS) is 19.4. The van der Waals surface area contributed by atoms with Gasteiger partial charge in [-0.1, -0.05) is 23.5 Å². The van der Waals surface area contributed by atoms with Gasteiger partial charge in [0.1, 0.15) is 24.0 Å². The minimum absolute atomic E-state index is 0.0132. The molecule has 10 heteroatoms. The van der Waals surface area contributed by atoms with E-state index in [4.69, 9.17) is 9.47 Å². The van der Waals surface area contributed by atoms with E-state index in [1.807, 2.05) is 24.3 Å². The SMILES string of the molecule is Cc1nnc(N2C(=O)C(=O)/C(=C(/O)c3ccc4c(c3)OCCO4)C2c2ccc(I)cc2)s1. The molecule has 1 N–H and O–H groups in total. The van der Waals surface area contributed by atoms with Gasteiger partial charge in [0.2, 0.25) is 5.13 Å². The number of rotatable bonds is 3. The van der Waals surface area contributed by atoms with E-state index >= 15 is 0 Å². The summed E-state index contributed by atoms with van der Waals surface area (Å²) < 4.78 is 12.1. The molecule has 0 radical (unpaired) electrons. The number of Topliss-reactive ketones (excluding diaryl/α,β-unsaturated/α-hetero) is 1. The third-order valence-corrected chi connectivity index (χ3v) is 6.72. The fraction of sp³-hybridized carbons (Fsp3) is 0.182. The van der Waals surface area contributed by atoms with Gasteiger partial charge in [0.05, 0.1) is 11.6 Å². The molecular weight excluding hydrogens is 545 g/mol. The standard InChI is InChI=1S/C22H16IN3O5S/c1-11-24-25-22(32-11)26-18(12-2-5-14(23)6-3-12)17(20(28)21(26)29)19(27)13-4-7-15-16(10-13)31-9-8-30-15/h2-7,10,18,27H,8-9H2,1H3/b19-17+. The second kappa shape index (κ2) is 8.17. The zero-order valence-electron chi connectivity index (χ0n) is 16.7. The topological polar surface area (TPSA) is 102 Å². The van der Waals surface area contributed by atoms with Crippen molar-refractivity contribution in [3.63, 3.8) is 0 Å². The molecule has 0 spiro atoms. The highest BCUT2D eigenvalue weighted by molar-refractivity contribution is 14.1. The third kappa shape index (κ3) is 3.52. The number of halogens is 1. The summed E-state index contributed by atoms with van der Waals surface area (Å²) in [7, 11) is 0. The molecule has 2 aromatic carbocycles. The first kappa shape index (κ1) is 20.9. The van der Waals surface area contributed by atoms with E-state index in [0.717, 1.165) is 3.57 Å². The highest BCUT2D eigenvalue weighted by atomic mass is 127. The van der Waals surface area contributed by atoms with Gasteiger partial charge in [0.15, 0.2) is 11.5 Å². The molecule has 1 atom stereocenters. The van der Waals surface area contributed by atoms with Crippen LogP contribution in [0.1, 0.15) is 22.2 Å². The zero-order chi connectivity index (χ0) is 22.4. The first-order chi connectivity index (χ1) is 15.4. The van der Waals surface area contributed by atoms with E-state index in [1.165, 1.54) is 16.2 Å². The lowest BCUT2D eigenvalue weighted by molar-refractivity contribution is -0.132. The lowest BCUT2D eigenvalue weighted by Gasteiger charge is -2.23. The number of aliphatic hydroxyl groups is 1.